The first-order valence-corrected chi connectivity index (χ1v) is 12.7. The predicted octanol–water partition coefficient (Wildman–Crippen LogP) is 6.06. The molecule has 0 spiro atoms. The summed E-state index contributed by atoms with van der Waals surface area (Å²) in [6.07, 6.45) is 22.7. The standard InChI is InChI=1S/C23H48ClN5/c1-3-5-6-7-8-9-10-11-12-13-14-15-16-17-18-20-23(26)28-21(24)27-22(25,29-23)19-4-2/h29H,3-20,25-26H2,1-2H3,(H,27,28). The number of nitrogens with one attached hydrogen (secondary N) is 2. The molecule has 6 N–H and O–H groups in total. The summed E-state index contributed by atoms with van der Waals surface area (Å²) in [6, 6.07) is 0. The highest BCUT2D eigenvalue weighted by molar-refractivity contribution is 6.64. The van der Waals surface area contributed by atoms with Crippen LogP contribution < -0.4 is 22.1 Å². The molecule has 172 valence electrons. The second-order valence-electron chi connectivity index (χ2n) is 9.00. The van der Waals surface area contributed by atoms with E-state index >= 15 is 0 Å². The molecule has 0 fully saturated rings. The zero-order valence-electron chi connectivity index (χ0n) is 19.2. The lowest BCUT2D eigenvalue weighted by atomic mass is 10.0. The second-order valence-corrected chi connectivity index (χ2v) is 9.36. The van der Waals surface area contributed by atoms with E-state index in [9.17, 15) is 0 Å². The van der Waals surface area contributed by atoms with E-state index in [1.807, 2.05) is 0 Å². The molecule has 2 unspecified atom stereocenters. The number of hydrogen-bond acceptors (Lipinski definition) is 5. The number of nitrogens with zero attached hydrogens (tertiary/aromatic N) is 1. The molecule has 0 aliphatic carbocycles. The summed E-state index contributed by atoms with van der Waals surface area (Å²) in [5.41, 5.74) is 12.7. The molecular formula is C23H48ClN5. The van der Waals surface area contributed by atoms with Crippen LogP contribution in [-0.4, -0.2) is 16.9 Å². The average Bonchev–Trinajstić information content (AvgIpc) is 2.63. The molecule has 1 heterocycles. The van der Waals surface area contributed by atoms with Gasteiger partial charge in [-0.05, 0) is 30.9 Å². The van der Waals surface area contributed by atoms with Gasteiger partial charge < -0.3 is 5.32 Å². The normalized spacial score (nSPS) is 24.4. The van der Waals surface area contributed by atoms with E-state index in [4.69, 9.17) is 23.1 Å². The van der Waals surface area contributed by atoms with Gasteiger partial charge >= 0.3 is 0 Å². The lowest BCUT2D eigenvalue weighted by Gasteiger charge is -2.43. The lowest BCUT2D eigenvalue weighted by Crippen LogP contribution is -2.76. The van der Waals surface area contributed by atoms with E-state index < -0.39 is 11.6 Å². The summed E-state index contributed by atoms with van der Waals surface area (Å²) in [5.74, 6) is -1.62. The minimum Gasteiger partial charge on any atom is -0.330 e. The van der Waals surface area contributed by atoms with Crippen molar-refractivity contribution >= 4 is 16.9 Å². The fraction of sp³-hybridized carbons (Fsp3) is 0.957. The summed E-state index contributed by atoms with van der Waals surface area (Å²) < 4.78 is 0. The summed E-state index contributed by atoms with van der Waals surface area (Å²) in [5, 5.41) is 6.57. The van der Waals surface area contributed by atoms with Gasteiger partial charge in [0.2, 0.25) is 0 Å². The molecule has 0 saturated carbocycles. The Bertz CT molecular complexity index is 445. The van der Waals surface area contributed by atoms with E-state index in [-0.39, 0.29) is 0 Å². The molecular weight excluding hydrogens is 382 g/mol. The smallest absolute Gasteiger partial charge is 0.196 e. The van der Waals surface area contributed by atoms with Gasteiger partial charge in [0.15, 0.2) is 11.1 Å². The first kappa shape index (κ1) is 26.7. The third-order valence-corrected chi connectivity index (χ3v) is 6.05. The molecule has 6 heteroatoms. The number of nitrogens with two attached hydrogens (primary N) is 2. The minimum absolute atomic E-state index is 0.308. The zero-order chi connectivity index (χ0) is 21.4. The Hall–Kier alpha value is -0.360. The molecule has 5 nitrogen and oxygen atoms in total. The van der Waals surface area contributed by atoms with Gasteiger partial charge in [0.05, 0.1) is 0 Å². The quantitative estimate of drug-likeness (QED) is 0.157. The largest absolute Gasteiger partial charge is 0.330 e. The van der Waals surface area contributed by atoms with E-state index in [2.05, 4.69) is 29.5 Å². The van der Waals surface area contributed by atoms with Crippen LogP contribution >= 0.6 is 11.6 Å². The maximum absolute atomic E-state index is 6.41. The van der Waals surface area contributed by atoms with Gasteiger partial charge in [-0.1, -0.05) is 110 Å². The summed E-state index contributed by atoms with van der Waals surface area (Å²) in [6.45, 7) is 4.37. The van der Waals surface area contributed by atoms with Crippen molar-refractivity contribution in [2.24, 2.45) is 16.5 Å². The van der Waals surface area contributed by atoms with Crippen LogP contribution in [-0.2, 0) is 0 Å². The molecule has 1 rings (SSSR count). The number of unbranched alkanes of at least 4 members (excludes halogenated alkanes) is 14. The van der Waals surface area contributed by atoms with Crippen molar-refractivity contribution < 1.29 is 0 Å². The summed E-state index contributed by atoms with van der Waals surface area (Å²) >= 11 is 6.13. The van der Waals surface area contributed by atoms with Gasteiger partial charge in [0.25, 0.3) is 0 Å². The number of rotatable bonds is 18. The van der Waals surface area contributed by atoms with Crippen molar-refractivity contribution in [2.45, 2.75) is 141 Å². The molecule has 2 atom stereocenters. The van der Waals surface area contributed by atoms with E-state index in [1.54, 1.807) is 0 Å². The van der Waals surface area contributed by atoms with Crippen LogP contribution in [0.1, 0.15) is 129 Å². The highest BCUT2D eigenvalue weighted by Gasteiger charge is 2.39. The van der Waals surface area contributed by atoms with Crippen LogP contribution in [0.2, 0.25) is 0 Å². The third kappa shape index (κ3) is 12.8. The molecule has 1 aliphatic heterocycles. The van der Waals surface area contributed by atoms with Crippen molar-refractivity contribution in [3.05, 3.63) is 0 Å². The molecule has 0 saturated heterocycles. The second kappa shape index (κ2) is 15.4. The summed E-state index contributed by atoms with van der Waals surface area (Å²) in [4.78, 5) is 4.35. The number of amidine groups is 1. The van der Waals surface area contributed by atoms with Crippen LogP contribution in [0.25, 0.3) is 0 Å². The maximum atomic E-state index is 6.41. The number of hydrogen-bond donors (Lipinski definition) is 4. The van der Waals surface area contributed by atoms with Crippen LogP contribution in [0.5, 0.6) is 0 Å². The Kier molecular flexibility index (Phi) is 14.2. The van der Waals surface area contributed by atoms with E-state index in [0.29, 0.717) is 5.29 Å². The molecule has 0 aromatic carbocycles. The first-order chi connectivity index (χ1) is 13.9. The fourth-order valence-electron chi connectivity index (χ4n) is 4.24. The fourth-order valence-corrected chi connectivity index (χ4v) is 4.56. The third-order valence-electron chi connectivity index (χ3n) is 5.87. The Morgan fingerprint density at radius 3 is 1.59 bits per heavy atom. The van der Waals surface area contributed by atoms with E-state index in [1.165, 1.54) is 89.9 Å². The van der Waals surface area contributed by atoms with Gasteiger partial charge in [0, 0.05) is 0 Å². The van der Waals surface area contributed by atoms with Crippen molar-refractivity contribution in [3.8, 4) is 0 Å². The van der Waals surface area contributed by atoms with Crippen LogP contribution in [0.15, 0.2) is 4.99 Å². The van der Waals surface area contributed by atoms with Crippen LogP contribution in [0.4, 0.5) is 0 Å². The average molecular weight is 430 g/mol. The van der Waals surface area contributed by atoms with Gasteiger partial charge in [-0.3, -0.25) is 11.5 Å². The van der Waals surface area contributed by atoms with E-state index in [0.717, 1.165) is 25.7 Å². The SMILES string of the molecule is CCCCCCCCCCCCCCCCCC1(N)N=C(Cl)NC(N)(CCC)N1. The topological polar surface area (TPSA) is 88.5 Å². The predicted molar refractivity (Wildman–Crippen MR) is 128 cm³/mol. The van der Waals surface area contributed by atoms with Gasteiger partial charge in [-0.15, -0.1) is 0 Å². The maximum Gasteiger partial charge on any atom is 0.196 e. The lowest BCUT2D eigenvalue weighted by molar-refractivity contribution is 0.159. The molecule has 0 aromatic rings. The molecule has 0 amide bonds. The Labute approximate surface area is 185 Å². The number of aliphatic imine (C=N–C) groups is 1. The van der Waals surface area contributed by atoms with Crippen molar-refractivity contribution in [2.75, 3.05) is 0 Å². The molecule has 1 aliphatic rings. The molecule has 29 heavy (non-hydrogen) atoms. The zero-order valence-corrected chi connectivity index (χ0v) is 20.0. The Morgan fingerprint density at radius 2 is 1.14 bits per heavy atom. The molecule has 0 bridgehead atoms. The molecule has 0 aromatic heterocycles. The van der Waals surface area contributed by atoms with Crippen LogP contribution in [0.3, 0.4) is 0 Å². The highest BCUT2D eigenvalue weighted by Crippen LogP contribution is 2.21. The summed E-state index contributed by atoms with van der Waals surface area (Å²) in [7, 11) is 0. The highest BCUT2D eigenvalue weighted by atomic mass is 35.5. The number of halogens is 1. The van der Waals surface area contributed by atoms with Crippen LogP contribution in [0, 0.1) is 0 Å². The Morgan fingerprint density at radius 1 is 0.690 bits per heavy atom. The van der Waals surface area contributed by atoms with Gasteiger partial charge in [-0.2, -0.15) is 0 Å². The monoisotopic (exact) mass is 429 g/mol. The van der Waals surface area contributed by atoms with Gasteiger partial charge in [-0.25, -0.2) is 10.3 Å². The minimum atomic E-state index is -0.858. The van der Waals surface area contributed by atoms with Crippen molar-refractivity contribution in [3.63, 3.8) is 0 Å². The van der Waals surface area contributed by atoms with Gasteiger partial charge in [0.1, 0.15) is 5.79 Å². The van der Waals surface area contributed by atoms with Crippen molar-refractivity contribution in [1.29, 1.82) is 0 Å². The molecule has 0 radical (unpaired) electrons. The Balaban J connectivity index is 1.98. The first-order valence-electron chi connectivity index (χ1n) is 12.3. The van der Waals surface area contributed by atoms with Crippen molar-refractivity contribution in [1.82, 2.24) is 10.6 Å².